The quantitative estimate of drug-likeness (QED) is 0.740. The van der Waals surface area contributed by atoms with E-state index < -0.39 is 11.0 Å². The molecule has 0 spiro atoms. The van der Waals surface area contributed by atoms with Crippen LogP contribution in [0.3, 0.4) is 0 Å². The zero-order valence-corrected chi connectivity index (χ0v) is 12.3. The van der Waals surface area contributed by atoms with E-state index in [0.29, 0.717) is 0 Å². The van der Waals surface area contributed by atoms with E-state index in [1.165, 1.54) is 16.7 Å². The molecule has 3 heteroatoms. The predicted molar refractivity (Wildman–Crippen MR) is 76.1 cm³/mol. The van der Waals surface area contributed by atoms with Crippen LogP contribution in [0.5, 0.6) is 0 Å². The third-order valence-corrected chi connectivity index (χ3v) is 3.88. The number of rotatable bonds is 2. The predicted octanol–water partition coefficient (Wildman–Crippen LogP) is 3.49. The smallest absolute Gasteiger partial charge is 0.144 e. The van der Waals surface area contributed by atoms with E-state index in [4.69, 9.17) is 0 Å². The van der Waals surface area contributed by atoms with Crippen molar-refractivity contribution in [3.8, 4) is 0 Å². The molecule has 0 aliphatic carbocycles. The summed E-state index contributed by atoms with van der Waals surface area (Å²) in [6.45, 7) is 12.0. The third kappa shape index (κ3) is 3.77. The zero-order chi connectivity index (χ0) is 13.2. The second-order valence-electron chi connectivity index (χ2n) is 5.41. The van der Waals surface area contributed by atoms with Gasteiger partial charge in [0, 0.05) is 6.21 Å². The lowest BCUT2D eigenvalue weighted by Gasteiger charge is -2.13. The Kier molecular flexibility index (Phi) is 4.26. The molecule has 1 atom stereocenters. The lowest BCUT2D eigenvalue weighted by Crippen LogP contribution is -2.19. The van der Waals surface area contributed by atoms with Crippen LogP contribution in [-0.2, 0) is 11.0 Å². The molecule has 0 aromatic heterocycles. The minimum Gasteiger partial charge on any atom is -0.234 e. The van der Waals surface area contributed by atoms with Crippen molar-refractivity contribution in [2.45, 2.75) is 46.3 Å². The van der Waals surface area contributed by atoms with Crippen LogP contribution in [0.25, 0.3) is 0 Å². The molecule has 1 aromatic carbocycles. The molecule has 0 fully saturated rings. The summed E-state index contributed by atoms with van der Waals surface area (Å²) in [6, 6.07) is 4.24. The van der Waals surface area contributed by atoms with Gasteiger partial charge in [0.05, 0.1) is 4.75 Å². The Morgan fingerprint density at radius 3 is 2.00 bits per heavy atom. The summed E-state index contributed by atoms with van der Waals surface area (Å²) in [4.78, 5) is 0. The van der Waals surface area contributed by atoms with Gasteiger partial charge in [0.2, 0.25) is 0 Å². The first-order valence-corrected chi connectivity index (χ1v) is 6.86. The number of benzene rings is 1. The Morgan fingerprint density at radius 2 is 1.59 bits per heavy atom. The van der Waals surface area contributed by atoms with Crippen LogP contribution in [0.4, 0.5) is 0 Å². The molecule has 0 heterocycles. The first-order valence-electron chi connectivity index (χ1n) is 5.75. The van der Waals surface area contributed by atoms with Crippen molar-refractivity contribution in [3.05, 3.63) is 34.4 Å². The summed E-state index contributed by atoms with van der Waals surface area (Å²) in [6.07, 6.45) is 1.74. The van der Waals surface area contributed by atoms with E-state index in [1.54, 1.807) is 6.21 Å². The second-order valence-corrected chi connectivity index (χ2v) is 7.34. The standard InChI is InChI=1S/C14H21NOS/c1-10-7-11(2)13(12(3)8-10)9-15-17(16)14(4,5)6/h7-9H,1-6H3. The third-order valence-electron chi connectivity index (χ3n) is 2.54. The zero-order valence-electron chi connectivity index (χ0n) is 11.5. The highest BCUT2D eigenvalue weighted by molar-refractivity contribution is 7.85. The molecule has 1 aromatic rings. The highest BCUT2D eigenvalue weighted by Crippen LogP contribution is 2.16. The van der Waals surface area contributed by atoms with Crippen molar-refractivity contribution < 1.29 is 4.21 Å². The van der Waals surface area contributed by atoms with Crippen LogP contribution in [0.15, 0.2) is 16.5 Å². The SMILES string of the molecule is Cc1cc(C)c(C=NS(=O)C(C)(C)C)c(C)c1. The van der Waals surface area contributed by atoms with E-state index in [2.05, 4.69) is 37.3 Å². The van der Waals surface area contributed by atoms with E-state index in [-0.39, 0.29) is 4.75 Å². The highest BCUT2D eigenvalue weighted by atomic mass is 32.2. The van der Waals surface area contributed by atoms with Crippen LogP contribution in [0.2, 0.25) is 0 Å². The van der Waals surface area contributed by atoms with Crippen molar-refractivity contribution in [1.82, 2.24) is 0 Å². The summed E-state index contributed by atoms with van der Waals surface area (Å²) < 4.78 is 15.7. The van der Waals surface area contributed by atoms with Gasteiger partial charge in [0.1, 0.15) is 11.0 Å². The molecule has 1 unspecified atom stereocenters. The fourth-order valence-electron chi connectivity index (χ4n) is 1.65. The molecule has 94 valence electrons. The molecule has 0 bridgehead atoms. The maximum atomic E-state index is 11.8. The lowest BCUT2D eigenvalue weighted by atomic mass is 10.0. The van der Waals surface area contributed by atoms with Gasteiger partial charge in [-0.1, -0.05) is 17.7 Å². The molecule has 0 amide bonds. The van der Waals surface area contributed by atoms with Crippen LogP contribution in [0.1, 0.15) is 43.0 Å². The second kappa shape index (κ2) is 5.13. The topological polar surface area (TPSA) is 29.4 Å². The van der Waals surface area contributed by atoms with Gasteiger partial charge in [-0.05, 0) is 58.2 Å². The fourth-order valence-corrected chi connectivity index (χ4v) is 2.17. The molecule has 2 nitrogen and oxygen atoms in total. The van der Waals surface area contributed by atoms with Crippen LogP contribution in [0, 0.1) is 20.8 Å². The molecule has 0 saturated heterocycles. The van der Waals surface area contributed by atoms with Gasteiger partial charge in [-0.3, -0.25) is 0 Å². The molecule has 17 heavy (non-hydrogen) atoms. The number of hydrogen-bond acceptors (Lipinski definition) is 1. The highest BCUT2D eigenvalue weighted by Gasteiger charge is 2.18. The first kappa shape index (κ1) is 14.1. The normalized spacial score (nSPS) is 14.2. The maximum Gasteiger partial charge on any atom is 0.144 e. The van der Waals surface area contributed by atoms with Crippen molar-refractivity contribution in [2.75, 3.05) is 0 Å². The Bertz CT molecular complexity index is 447. The number of nitrogens with zero attached hydrogens (tertiary/aromatic N) is 1. The average Bonchev–Trinajstić information content (AvgIpc) is 2.13. The number of hydrogen-bond donors (Lipinski definition) is 0. The molecule has 0 N–H and O–H groups in total. The lowest BCUT2D eigenvalue weighted by molar-refractivity contribution is 0.651. The van der Waals surface area contributed by atoms with Gasteiger partial charge < -0.3 is 0 Å². The molecule has 0 radical (unpaired) electrons. The van der Waals surface area contributed by atoms with E-state index in [1.807, 2.05) is 20.8 Å². The van der Waals surface area contributed by atoms with E-state index >= 15 is 0 Å². The average molecular weight is 251 g/mol. The van der Waals surface area contributed by atoms with Crippen LogP contribution in [-0.4, -0.2) is 15.2 Å². The minimum absolute atomic E-state index is 0.303. The van der Waals surface area contributed by atoms with Gasteiger partial charge in [0.15, 0.2) is 0 Å². The Balaban J connectivity index is 3.05. The van der Waals surface area contributed by atoms with Crippen molar-refractivity contribution in [1.29, 1.82) is 0 Å². The summed E-state index contributed by atoms with van der Waals surface area (Å²) in [5.74, 6) is 0. The molecule has 0 saturated carbocycles. The molecule has 1 rings (SSSR count). The Hall–Kier alpha value is -0.960. The van der Waals surface area contributed by atoms with Gasteiger partial charge in [-0.2, -0.15) is 4.40 Å². The summed E-state index contributed by atoms with van der Waals surface area (Å²) >= 11 is 0. The molecular weight excluding hydrogens is 230 g/mol. The van der Waals surface area contributed by atoms with Crippen molar-refractivity contribution in [3.63, 3.8) is 0 Å². The number of aryl methyl sites for hydroxylation is 3. The summed E-state index contributed by atoms with van der Waals surface area (Å²) in [7, 11) is -1.19. The fraction of sp³-hybridized carbons (Fsp3) is 0.500. The minimum atomic E-state index is -1.19. The van der Waals surface area contributed by atoms with Crippen molar-refractivity contribution >= 4 is 17.2 Å². The molecular formula is C14H21NOS. The van der Waals surface area contributed by atoms with Gasteiger partial charge in [0.25, 0.3) is 0 Å². The summed E-state index contributed by atoms with van der Waals surface area (Å²) in [5.41, 5.74) is 4.68. The van der Waals surface area contributed by atoms with E-state index in [9.17, 15) is 4.21 Å². The van der Waals surface area contributed by atoms with E-state index in [0.717, 1.165) is 5.56 Å². The van der Waals surface area contributed by atoms with Gasteiger partial charge >= 0.3 is 0 Å². The monoisotopic (exact) mass is 251 g/mol. The van der Waals surface area contributed by atoms with Crippen LogP contribution >= 0.6 is 0 Å². The molecule has 0 aliphatic rings. The van der Waals surface area contributed by atoms with Crippen molar-refractivity contribution in [2.24, 2.45) is 4.40 Å². The largest absolute Gasteiger partial charge is 0.234 e. The Labute approximate surface area is 107 Å². The van der Waals surface area contributed by atoms with Gasteiger partial charge in [-0.25, -0.2) is 4.21 Å². The Morgan fingerprint density at radius 1 is 1.12 bits per heavy atom. The van der Waals surface area contributed by atoms with Gasteiger partial charge in [-0.15, -0.1) is 0 Å². The first-order chi connectivity index (χ1) is 7.71. The summed E-state index contributed by atoms with van der Waals surface area (Å²) in [5, 5.41) is 0. The molecule has 0 aliphatic heterocycles. The maximum absolute atomic E-state index is 11.8. The van der Waals surface area contributed by atoms with Crippen LogP contribution < -0.4 is 0 Å².